The molecule has 4 aromatic rings. The van der Waals surface area contributed by atoms with Gasteiger partial charge in [-0.3, -0.25) is 25.2 Å². The molecule has 0 aliphatic rings. The normalized spacial score (nSPS) is 11.3. The number of amides is 3. The van der Waals surface area contributed by atoms with Gasteiger partial charge in [0.15, 0.2) is 0 Å². The number of benzene rings is 3. The van der Waals surface area contributed by atoms with Crippen molar-refractivity contribution in [2.24, 2.45) is 0 Å². The van der Waals surface area contributed by atoms with Crippen LogP contribution in [-0.2, 0) is 9.59 Å². The summed E-state index contributed by atoms with van der Waals surface area (Å²) in [7, 11) is 0. The third-order valence-electron chi connectivity index (χ3n) is 5.31. The van der Waals surface area contributed by atoms with E-state index >= 15 is 0 Å². The number of hydrazine groups is 1. The van der Waals surface area contributed by atoms with Crippen LogP contribution in [0.25, 0.3) is 16.9 Å². The van der Waals surface area contributed by atoms with Gasteiger partial charge < -0.3 is 5.32 Å². The summed E-state index contributed by atoms with van der Waals surface area (Å²) in [6.45, 7) is 1.39. The van der Waals surface area contributed by atoms with Gasteiger partial charge >= 0.3 is 0 Å². The summed E-state index contributed by atoms with van der Waals surface area (Å²) in [6.07, 6.45) is 1.59. The maximum Gasteiger partial charge on any atom is 0.273 e. The average molecular weight is 468 g/mol. The molecule has 3 aromatic carbocycles. The zero-order chi connectivity index (χ0) is 24.6. The number of hydrogen-bond donors (Lipinski definition) is 3. The second kappa shape index (κ2) is 10.9. The highest BCUT2D eigenvalue weighted by molar-refractivity contribution is 6.00. The summed E-state index contributed by atoms with van der Waals surface area (Å²) in [5.41, 5.74) is 8.09. The van der Waals surface area contributed by atoms with Crippen LogP contribution in [0.1, 0.15) is 35.3 Å². The number of nitrogens with one attached hydrogen (secondary N) is 3. The molecule has 3 amide bonds. The molecule has 0 saturated heterocycles. The lowest BCUT2D eigenvalue weighted by Gasteiger charge is -2.18. The van der Waals surface area contributed by atoms with Crippen molar-refractivity contribution in [2.45, 2.75) is 19.4 Å². The highest BCUT2D eigenvalue weighted by Crippen LogP contribution is 2.23. The lowest BCUT2D eigenvalue weighted by molar-refractivity contribution is -0.123. The molecule has 8 heteroatoms. The van der Waals surface area contributed by atoms with Crippen LogP contribution in [0.5, 0.6) is 0 Å². The number of aromatic nitrogens is 2. The van der Waals surface area contributed by atoms with Crippen molar-refractivity contribution in [3.05, 3.63) is 108 Å². The molecule has 0 radical (unpaired) electrons. The number of carbonyl (C=O) groups is 3. The Morgan fingerprint density at radius 3 is 2.06 bits per heavy atom. The molecule has 1 aromatic heterocycles. The van der Waals surface area contributed by atoms with Crippen LogP contribution < -0.4 is 16.2 Å². The Kier molecular flexibility index (Phi) is 7.32. The molecule has 0 aliphatic carbocycles. The highest BCUT2D eigenvalue weighted by Gasteiger charge is 2.21. The second-order valence-corrected chi connectivity index (χ2v) is 7.91. The standard InChI is InChI=1S/C27H25N5O3/c1-19(33)28-24(20-11-5-2-6-12-20)17-25(34)29-30-27(35)23-18-32(22-15-9-4-10-16-22)31-26(23)21-13-7-3-8-14-21/h2-16,18,24H,17H2,1H3,(H,28,33)(H,29,34)(H,30,35). The smallest absolute Gasteiger partial charge is 0.273 e. The predicted octanol–water partition coefficient (Wildman–Crippen LogP) is 3.57. The minimum Gasteiger partial charge on any atom is -0.349 e. The van der Waals surface area contributed by atoms with Crippen LogP contribution in [0.4, 0.5) is 0 Å². The fourth-order valence-electron chi connectivity index (χ4n) is 3.68. The average Bonchev–Trinajstić information content (AvgIpc) is 3.34. The first-order valence-corrected chi connectivity index (χ1v) is 11.1. The van der Waals surface area contributed by atoms with E-state index in [0.717, 1.165) is 16.8 Å². The Balaban J connectivity index is 1.50. The van der Waals surface area contributed by atoms with Crippen molar-refractivity contribution in [2.75, 3.05) is 0 Å². The summed E-state index contributed by atoms with van der Waals surface area (Å²) >= 11 is 0. The van der Waals surface area contributed by atoms with Crippen LogP contribution in [0.15, 0.2) is 97.2 Å². The van der Waals surface area contributed by atoms with Crippen LogP contribution in [-0.4, -0.2) is 27.5 Å². The van der Waals surface area contributed by atoms with E-state index in [4.69, 9.17) is 0 Å². The lowest BCUT2D eigenvalue weighted by Crippen LogP contribution is -2.43. The Morgan fingerprint density at radius 2 is 1.43 bits per heavy atom. The number of para-hydroxylation sites is 1. The molecular weight excluding hydrogens is 442 g/mol. The Labute approximate surface area is 203 Å². The molecule has 0 aliphatic heterocycles. The zero-order valence-corrected chi connectivity index (χ0v) is 19.1. The minimum absolute atomic E-state index is 0.0430. The third-order valence-corrected chi connectivity index (χ3v) is 5.31. The zero-order valence-electron chi connectivity index (χ0n) is 19.1. The molecule has 1 atom stereocenters. The first-order valence-electron chi connectivity index (χ1n) is 11.1. The molecule has 4 rings (SSSR count). The van der Waals surface area contributed by atoms with E-state index in [0.29, 0.717) is 11.3 Å². The van der Waals surface area contributed by atoms with Gasteiger partial charge in [0.25, 0.3) is 5.91 Å². The minimum atomic E-state index is -0.522. The number of carbonyl (C=O) groups excluding carboxylic acids is 3. The van der Waals surface area contributed by atoms with Gasteiger partial charge in [-0.05, 0) is 17.7 Å². The first-order chi connectivity index (χ1) is 17.0. The van der Waals surface area contributed by atoms with E-state index in [9.17, 15) is 14.4 Å². The molecular formula is C27H25N5O3. The molecule has 8 nitrogen and oxygen atoms in total. The van der Waals surface area contributed by atoms with Gasteiger partial charge in [0, 0.05) is 18.7 Å². The van der Waals surface area contributed by atoms with Crippen molar-refractivity contribution in [1.82, 2.24) is 25.9 Å². The molecule has 1 heterocycles. The van der Waals surface area contributed by atoms with Crippen molar-refractivity contribution in [3.63, 3.8) is 0 Å². The van der Waals surface area contributed by atoms with Crippen LogP contribution >= 0.6 is 0 Å². The highest BCUT2D eigenvalue weighted by atomic mass is 16.2. The van der Waals surface area contributed by atoms with E-state index in [-0.39, 0.29) is 12.3 Å². The number of rotatable bonds is 7. The van der Waals surface area contributed by atoms with Gasteiger partial charge in [0.05, 0.1) is 23.7 Å². The van der Waals surface area contributed by atoms with Gasteiger partial charge in [-0.25, -0.2) is 4.68 Å². The maximum absolute atomic E-state index is 13.1. The van der Waals surface area contributed by atoms with Gasteiger partial charge in [-0.15, -0.1) is 0 Å². The van der Waals surface area contributed by atoms with Gasteiger partial charge in [0.2, 0.25) is 11.8 Å². The van der Waals surface area contributed by atoms with Crippen LogP contribution in [0.2, 0.25) is 0 Å². The Morgan fingerprint density at radius 1 is 0.829 bits per heavy atom. The largest absolute Gasteiger partial charge is 0.349 e. The summed E-state index contributed by atoms with van der Waals surface area (Å²) in [5, 5.41) is 7.39. The quantitative estimate of drug-likeness (QED) is 0.362. The molecule has 0 bridgehead atoms. The maximum atomic E-state index is 13.1. The van der Waals surface area contributed by atoms with Crippen molar-refractivity contribution in [1.29, 1.82) is 0 Å². The van der Waals surface area contributed by atoms with Gasteiger partial charge in [0.1, 0.15) is 5.69 Å². The summed E-state index contributed by atoms with van der Waals surface area (Å²) < 4.78 is 1.63. The fraction of sp³-hybridized carbons (Fsp3) is 0.111. The van der Waals surface area contributed by atoms with Crippen molar-refractivity contribution >= 4 is 17.7 Å². The fourth-order valence-corrected chi connectivity index (χ4v) is 3.68. The SMILES string of the molecule is CC(=O)NC(CC(=O)NNC(=O)c1cn(-c2ccccc2)nc1-c1ccccc1)c1ccccc1. The topological polar surface area (TPSA) is 105 Å². The van der Waals surface area contributed by atoms with E-state index < -0.39 is 17.9 Å². The van der Waals surface area contributed by atoms with E-state index in [2.05, 4.69) is 21.3 Å². The molecule has 176 valence electrons. The summed E-state index contributed by atoms with van der Waals surface area (Å²) in [5.74, 6) is -1.20. The third kappa shape index (κ3) is 6.00. The second-order valence-electron chi connectivity index (χ2n) is 7.91. The molecule has 3 N–H and O–H groups in total. The van der Waals surface area contributed by atoms with Crippen LogP contribution in [0.3, 0.4) is 0 Å². The molecule has 0 spiro atoms. The number of nitrogens with zero attached hydrogens (tertiary/aromatic N) is 2. The van der Waals surface area contributed by atoms with E-state index in [1.165, 1.54) is 6.92 Å². The van der Waals surface area contributed by atoms with Crippen LogP contribution in [0, 0.1) is 0 Å². The van der Waals surface area contributed by atoms with E-state index in [1.807, 2.05) is 91.0 Å². The predicted molar refractivity (Wildman–Crippen MR) is 132 cm³/mol. The Hall–Kier alpha value is -4.72. The lowest BCUT2D eigenvalue weighted by atomic mass is 10.0. The number of hydrogen-bond acceptors (Lipinski definition) is 4. The molecule has 0 fully saturated rings. The molecule has 0 saturated carbocycles. The first kappa shape index (κ1) is 23.4. The van der Waals surface area contributed by atoms with Gasteiger partial charge in [-0.2, -0.15) is 5.10 Å². The van der Waals surface area contributed by atoms with Gasteiger partial charge in [-0.1, -0.05) is 78.9 Å². The summed E-state index contributed by atoms with van der Waals surface area (Å²) in [4.78, 5) is 37.3. The Bertz CT molecular complexity index is 1300. The summed E-state index contributed by atoms with van der Waals surface area (Å²) in [6, 6.07) is 27.5. The van der Waals surface area contributed by atoms with Crippen molar-refractivity contribution in [3.8, 4) is 16.9 Å². The van der Waals surface area contributed by atoms with E-state index in [1.54, 1.807) is 10.9 Å². The molecule has 1 unspecified atom stereocenters. The van der Waals surface area contributed by atoms with Crippen molar-refractivity contribution < 1.29 is 14.4 Å². The monoisotopic (exact) mass is 467 g/mol. The molecule has 35 heavy (non-hydrogen) atoms.